The minimum Gasteiger partial charge on any atom is -0.379 e. The van der Waals surface area contributed by atoms with Crippen molar-refractivity contribution in [3.05, 3.63) is 40.0 Å². The van der Waals surface area contributed by atoms with Crippen molar-refractivity contribution >= 4 is 33.6 Å². The summed E-state index contributed by atoms with van der Waals surface area (Å²) >= 11 is 3.29. The molecule has 0 atom stereocenters. The van der Waals surface area contributed by atoms with Gasteiger partial charge in [-0.05, 0) is 34.6 Å². The van der Waals surface area contributed by atoms with Crippen LogP contribution in [0.4, 0.5) is 5.82 Å². The summed E-state index contributed by atoms with van der Waals surface area (Å²) in [5.41, 5.74) is 5.84. The average molecular weight is 354 g/mol. The lowest BCUT2D eigenvalue weighted by Gasteiger charge is -2.06. The maximum Gasteiger partial charge on any atom is 0.277 e. The first-order chi connectivity index (χ1) is 10.1. The van der Waals surface area contributed by atoms with E-state index in [0.29, 0.717) is 5.56 Å². The Kier molecular flexibility index (Phi) is 4.88. The molecular formula is C12H12BrN5O3. The van der Waals surface area contributed by atoms with Gasteiger partial charge < -0.3 is 16.4 Å². The zero-order valence-corrected chi connectivity index (χ0v) is 12.4. The number of nitrogen functional groups attached to an aromatic ring is 1. The Bertz CT molecular complexity index is 641. The first-order valence-corrected chi connectivity index (χ1v) is 6.77. The number of amides is 2. The maximum absolute atomic E-state index is 11.8. The van der Waals surface area contributed by atoms with E-state index in [1.54, 1.807) is 24.3 Å². The molecule has 0 aliphatic rings. The molecule has 0 spiro atoms. The minimum atomic E-state index is -0.508. The summed E-state index contributed by atoms with van der Waals surface area (Å²) in [7, 11) is 0. The number of hydrogen-bond donors (Lipinski definition) is 3. The van der Waals surface area contributed by atoms with E-state index in [1.165, 1.54) is 0 Å². The van der Waals surface area contributed by atoms with Gasteiger partial charge in [-0.2, -0.15) is 0 Å². The van der Waals surface area contributed by atoms with Gasteiger partial charge in [-0.3, -0.25) is 9.59 Å². The molecular weight excluding hydrogens is 342 g/mol. The lowest BCUT2D eigenvalue weighted by molar-refractivity contribution is 0.0922. The van der Waals surface area contributed by atoms with Gasteiger partial charge in [0.2, 0.25) is 11.5 Å². The van der Waals surface area contributed by atoms with Crippen LogP contribution < -0.4 is 16.4 Å². The molecule has 0 saturated carbocycles. The summed E-state index contributed by atoms with van der Waals surface area (Å²) in [6, 6.07) is 6.94. The number of halogens is 1. The number of nitrogens with one attached hydrogen (secondary N) is 2. The lowest BCUT2D eigenvalue weighted by atomic mass is 10.2. The number of carbonyl (C=O) groups excluding carboxylic acids is 2. The molecule has 0 saturated heterocycles. The van der Waals surface area contributed by atoms with Gasteiger partial charge in [0.25, 0.3) is 11.8 Å². The minimum absolute atomic E-state index is 0.0748. The molecule has 0 aliphatic carbocycles. The number of anilines is 1. The molecule has 8 nitrogen and oxygen atoms in total. The SMILES string of the molecule is Nc1nonc1C(=O)NCCNC(=O)c1ccc(Br)cc1. The van der Waals surface area contributed by atoms with Crippen LogP contribution >= 0.6 is 15.9 Å². The molecule has 1 heterocycles. The molecule has 110 valence electrons. The molecule has 21 heavy (non-hydrogen) atoms. The van der Waals surface area contributed by atoms with Crippen molar-refractivity contribution in [2.45, 2.75) is 0 Å². The number of carbonyl (C=O) groups is 2. The molecule has 2 amide bonds. The summed E-state index contributed by atoms with van der Waals surface area (Å²) in [4.78, 5) is 23.4. The molecule has 0 bridgehead atoms. The predicted molar refractivity (Wildman–Crippen MR) is 77.5 cm³/mol. The monoisotopic (exact) mass is 353 g/mol. The molecule has 1 aromatic heterocycles. The largest absolute Gasteiger partial charge is 0.379 e. The topological polar surface area (TPSA) is 123 Å². The summed E-state index contributed by atoms with van der Waals surface area (Å²) in [6.07, 6.45) is 0. The Labute approximate surface area is 128 Å². The Morgan fingerprint density at radius 2 is 1.71 bits per heavy atom. The number of nitrogens with two attached hydrogens (primary N) is 1. The van der Waals surface area contributed by atoms with Gasteiger partial charge in [0.15, 0.2) is 0 Å². The van der Waals surface area contributed by atoms with Gasteiger partial charge in [-0.25, -0.2) is 4.63 Å². The van der Waals surface area contributed by atoms with Gasteiger partial charge >= 0.3 is 0 Å². The molecule has 9 heteroatoms. The maximum atomic E-state index is 11.8. The molecule has 1 aromatic carbocycles. The Morgan fingerprint density at radius 3 is 2.29 bits per heavy atom. The molecule has 2 rings (SSSR count). The van der Waals surface area contributed by atoms with E-state index in [9.17, 15) is 9.59 Å². The van der Waals surface area contributed by atoms with Crippen LogP contribution in [0.2, 0.25) is 0 Å². The van der Waals surface area contributed by atoms with Crippen LogP contribution in [0.1, 0.15) is 20.8 Å². The highest BCUT2D eigenvalue weighted by atomic mass is 79.9. The van der Waals surface area contributed by atoms with Crippen molar-refractivity contribution in [1.82, 2.24) is 20.9 Å². The Hall–Kier alpha value is -2.42. The van der Waals surface area contributed by atoms with E-state index in [0.717, 1.165) is 4.47 Å². The average Bonchev–Trinajstić information content (AvgIpc) is 2.90. The highest BCUT2D eigenvalue weighted by molar-refractivity contribution is 9.10. The highest BCUT2D eigenvalue weighted by Gasteiger charge is 2.15. The van der Waals surface area contributed by atoms with Gasteiger partial charge in [0.1, 0.15) is 0 Å². The van der Waals surface area contributed by atoms with E-state index in [1.807, 2.05) is 0 Å². The quantitative estimate of drug-likeness (QED) is 0.675. The van der Waals surface area contributed by atoms with Crippen molar-refractivity contribution in [2.75, 3.05) is 18.8 Å². The third-order valence-corrected chi connectivity index (χ3v) is 3.06. The zero-order chi connectivity index (χ0) is 15.2. The number of hydrogen-bond acceptors (Lipinski definition) is 6. The third kappa shape index (κ3) is 4.02. The van der Waals surface area contributed by atoms with Gasteiger partial charge in [-0.1, -0.05) is 15.9 Å². The summed E-state index contributed by atoms with van der Waals surface area (Å²) in [5, 5.41) is 11.9. The molecule has 4 N–H and O–H groups in total. The fourth-order valence-electron chi connectivity index (χ4n) is 1.49. The number of aromatic nitrogens is 2. The molecule has 0 fully saturated rings. The van der Waals surface area contributed by atoms with Gasteiger partial charge in [0.05, 0.1) is 0 Å². The van der Waals surface area contributed by atoms with Crippen LogP contribution in [0.25, 0.3) is 0 Å². The summed E-state index contributed by atoms with van der Waals surface area (Å²) < 4.78 is 5.21. The number of rotatable bonds is 5. The smallest absolute Gasteiger partial charge is 0.277 e. The highest BCUT2D eigenvalue weighted by Crippen LogP contribution is 2.10. The van der Waals surface area contributed by atoms with Crippen LogP contribution in [0.15, 0.2) is 33.4 Å². The summed E-state index contributed by atoms with van der Waals surface area (Å²) in [6.45, 7) is 0.499. The van der Waals surface area contributed by atoms with Gasteiger partial charge in [0, 0.05) is 23.1 Å². The van der Waals surface area contributed by atoms with Gasteiger partial charge in [-0.15, -0.1) is 0 Å². The second-order valence-corrected chi connectivity index (χ2v) is 4.93. The fraction of sp³-hybridized carbons (Fsp3) is 0.167. The van der Waals surface area contributed by atoms with E-state index in [4.69, 9.17) is 5.73 Å². The van der Waals surface area contributed by atoms with E-state index in [-0.39, 0.29) is 30.5 Å². The second kappa shape index (κ2) is 6.84. The van der Waals surface area contributed by atoms with Crippen LogP contribution in [0.5, 0.6) is 0 Å². The van der Waals surface area contributed by atoms with E-state index in [2.05, 4.69) is 41.5 Å². The standard InChI is InChI=1S/C12H12BrN5O3/c13-8-3-1-7(2-4-8)11(19)15-5-6-16-12(20)9-10(14)18-21-17-9/h1-4H,5-6H2,(H2,14,18)(H,15,19)(H,16,20). The normalized spacial score (nSPS) is 10.1. The van der Waals surface area contributed by atoms with Crippen molar-refractivity contribution in [1.29, 1.82) is 0 Å². The first-order valence-electron chi connectivity index (χ1n) is 5.98. The molecule has 0 aliphatic heterocycles. The molecule has 0 radical (unpaired) electrons. The second-order valence-electron chi connectivity index (χ2n) is 4.02. The fourth-order valence-corrected chi connectivity index (χ4v) is 1.76. The first kappa shape index (κ1) is 15.0. The van der Waals surface area contributed by atoms with Crippen LogP contribution in [0.3, 0.4) is 0 Å². The van der Waals surface area contributed by atoms with Crippen LogP contribution in [0, 0.1) is 0 Å². The zero-order valence-electron chi connectivity index (χ0n) is 10.8. The van der Waals surface area contributed by atoms with Crippen molar-refractivity contribution in [3.8, 4) is 0 Å². The molecule has 0 unspecified atom stereocenters. The van der Waals surface area contributed by atoms with Crippen molar-refractivity contribution < 1.29 is 14.2 Å². The lowest BCUT2D eigenvalue weighted by Crippen LogP contribution is -2.35. The van der Waals surface area contributed by atoms with Crippen LogP contribution in [-0.4, -0.2) is 35.2 Å². The summed E-state index contributed by atoms with van der Waals surface area (Å²) in [5.74, 6) is -0.808. The van der Waals surface area contributed by atoms with E-state index < -0.39 is 5.91 Å². The predicted octanol–water partition coefficient (Wildman–Crippen LogP) is 0.574. The number of nitrogens with zero attached hydrogens (tertiary/aromatic N) is 2. The Morgan fingerprint density at radius 1 is 1.10 bits per heavy atom. The van der Waals surface area contributed by atoms with Crippen molar-refractivity contribution in [2.24, 2.45) is 0 Å². The van der Waals surface area contributed by atoms with E-state index >= 15 is 0 Å². The number of benzene rings is 1. The van der Waals surface area contributed by atoms with Crippen LogP contribution in [-0.2, 0) is 0 Å². The third-order valence-electron chi connectivity index (χ3n) is 2.53. The molecule has 2 aromatic rings. The van der Waals surface area contributed by atoms with Crippen molar-refractivity contribution in [3.63, 3.8) is 0 Å². The Balaban J connectivity index is 1.75.